The number of aromatic nitrogens is 2. The lowest BCUT2D eigenvalue weighted by Crippen LogP contribution is -2.24. The minimum atomic E-state index is -0.0343. The van der Waals surface area contributed by atoms with Gasteiger partial charge in [0.2, 0.25) is 17.6 Å². The fourth-order valence-corrected chi connectivity index (χ4v) is 3.36. The highest BCUT2D eigenvalue weighted by atomic mass is 35.5. The number of thioether (sulfide) groups is 1. The number of benzene rings is 1. The standard InChI is InChI=1S/C16H14ClN3O2S2/c17-12-5-3-11(4-6-12)8-18-14(21)9-23-10-15-19-16(20-22-15)13-2-1-7-24-13/h1-7H,8-10H2,(H,18,21). The highest BCUT2D eigenvalue weighted by Crippen LogP contribution is 2.22. The van der Waals surface area contributed by atoms with E-state index in [4.69, 9.17) is 16.1 Å². The number of hydrogen-bond donors (Lipinski definition) is 1. The second kappa shape index (κ2) is 8.32. The van der Waals surface area contributed by atoms with Crippen molar-refractivity contribution >= 4 is 40.6 Å². The molecule has 0 spiro atoms. The maximum atomic E-state index is 11.8. The molecule has 3 aromatic rings. The van der Waals surface area contributed by atoms with E-state index in [0.29, 0.717) is 34.8 Å². The summed E-state index contributed by atoms with van der Waals surface area (Å²) in [7, 11) is 0. The van der Waals surface area contributed by atoms with Crippen LogP contribution in [0.1, 0.15) is 11.5 Å². The first kappa shape index (κ1) is 17.0. The molecule has 3 rings (SSSR count). The molecule has 0 saturated heterocycles. The average Bonchev–Trinajstić information content (AvgIpc) is 3.25. The molecule has 8 heteroatoms. The van der Waals surface area contributed by atoms with Crippen LogP contribution in [0.25, 0.3) is 10.7 Å². The van der Waals surface area contributed by atoms with E-state index in [2.05, 4.69) is 15.5 Å². The molecule has 0 unspecified atom stereocenters. The van der Waals surface area contributed by atoms with Crippen molar-refractivity contribution < 1.29 is 9.32 Å². The third kappa shape index (κ3) is 4.83. The number of amides is 1. The van der Waals surface area contributed by atoms with Gasteiger partial charge >= 0.3 is 0 Å². The SMILES string of the molecule is O=C(CSCc1nc(-c2cccs2)no1)NCc1ccc(Cl)cc1. The molecule has 24 heavy (non-hydrogen) atoms. The molecule has 2 heterocycles. The quantitative estimate of drug-likeness (QED) is 0.672. The third-order valence-corrected chi connectivity index (χ3v) is 5.11. The topological polar surface area (TPSA) is 68.0 Å². The Balaban J connectivity index is 1.40. The molecule has 1 aromatic carbocycles. The fraction of sp³-hybridized carbons (Fsp3) is 0.188. The van der Waals surface area contributed by atoms with Crippen molar-refractivity contribution in [3.63, 3.8) is 0 Å². The zero-order valence-corrected chi connectivity index (χ0v) is 15.0. The molecule has 0 atom stereocenters. The summed E-state index contributed by atoms with van der Waals surface area (Å²) in [5.41, 5.74) is 1.01. The van der Waals surface area contributed by atoms with Gasteiger partial charge in [-0.05, 0) is 29.1 Å². The summed E-state index contributed by atoms with van der Waals surface area (Å²) < 4.78 is 5.19. The van der Waals surface area contributed by atoms with Crippen LogP contribution in [0.3, 0.4) is 0 Å². The van der Waals surface area contributed by atoms with Gasteiger partial charge in [-0.25, -0.2) is 0 Å². The van der Waals surface area contributed by atoms with Crippen molar-refractivity contribution in [1.29, 1.82) is 0 Å². The number of carbonyl (C=O) groups excluding carboxylic acids is 1. The van der Waals surface area contributed by atoms with Crippen LogP contribution >= 0.6 is 34.7 Å². The molecule has 1 amide bonds. The first-order valence-corrected chi connectivity index (χ1v) is 9.57. The first-order valence-electron chi connectivity index (χ1n) is 7.16. The van der Waals surface area contributed by atoms with Crippen LogP contribution in [0, 0.1) is 0 Å². The predicted octanol–water partition coefficient (Wildman–Crippen LogP) is 4.00. The molecule has 124 valence electrons. The Kier molecular flexibility index (Phi) is 5.90. The highest BCUT2D eigenvalue weighted by molar-refractivity contribution is 7.99. The van der Waals surface area contributed by atoms with Gasteiger partial charge in [-0.1, -0.05) is 35.0 Å². The minimum absolute atomic E-state index is 0.0343. The van der Waals surface area contributed by atoms with Crippen LogP contribution in [-0.2, 0) is 17.1 Å². The lowest BCUT2D eigenvalue weighted by atomic mass is 10.2. The monoisotopic (exact) mass is 379 g/mol. The fourth-order valence-electron chi connectivity index (χ4n) is 1.90. The Bertz CT molecular complexity index is 788. The summed E-state index contributed by atoms with van der Waals surface area (Å²) in [4.78, 5) is 17.1. The first-order chi connectivity index (χ1) is 11.7. The van der Waals surface area contributed by atoms with Crippen molar-refractivity contribution in [3.05, 3.63) is 58.3 Å². The highest BCUT2D eigenvalue weighted by Gasteiger charge is 2.10. The number of halogens is 1. The molecule has 0 saturated carbocycles. The van der Waals surface area contributed by atoms with Gasteiger partial charge in [0.25, 0.3) is 0 Å². The summed E-state index contributed by atoms with van der Waals surface area (Å²) in [5, 5.41) is 9.45. The maximum absolute atomic E-state index is 11.8. The zero-order valence-electron chi connectivity index (χ0n) is 12.6. The number of carbonyl (C=O) groups is 1. The molecule has 0 bridgehead atoms. The van der Waals surface area contributed by atoms with Crippen molar-refractivity contribution in [2.75, 3.05) is 5.75 Å². The Hall–Kier alpha value is -1.83. The van der Waals surface area contributed by atoms with Crippen LogP contribution < -0.4 is 5.32 Å². The zero-order chi connectivity index (χ0) is 16.8. The maximum Gasteiger partial charge on any atom is 0.236 e. The molecule has 0 radical (unpaired) electrons. The lowest BCUT2D eigenvalue weighted by Gasteiger charge is -2.04. The lowest BCUT2D eigenvalue weighted by molar-refractivity contribution is -0.118. The third-order valence-electron chi connectivity index (χ3n) is 3.07. The van der Waals surface area contributed by atoms with Gasteiger partial charge in [-0.3, -0.25) is 4.79 Å². The Morgan fingerprint density at radius 3 is 2.88 bits per heavy atom. The van der Waals surface area contributed by atoms with E-state index >= 15 is 0 Å². The number of thiophene rings is 1. The van der Waals surface area contributed by atoms with Crippen LogP contribution in [0.15, 0.2) is 46.3 Å². The van der Waals surface area contributed by atoms with Crippen molar-refractivity contribution in [3.8, 4) is 10.7 Å². The van der Waals surface area contributed by atoms with E-state index in [-0.39, 0.29) is 5.91 Å². The second-order valence-corrected chi connectivity index (χ2v) is 7.25. The van der Waals surface area contributed by atoms with Gasteiger partial charge in [-0.15, -0.1) is 23.1 Å². The smallest absolute Gasteiger partial charge is 0.236 e. The van der Waals surface area contributed by atoms with Crippen molar-refractivity contribution in [2.24, 2.45) is 0 Å². The van der Waals surface area contributed by atoms with E-state index in [9.17, 15) is 4.79 Å². The molecule has 5 nitrogen and oxygen atoms in total. The molecule has 2 aromatic heterocycles. The van der Waals surface area contributed by atoms with Crippen molar-refractivity contribution in [1.82, 2.24) is 15.5 Å². The molecule has 0 aliphatic rings. The molecule has 0 fully saturated rings. The Morgan fingerprint density at radius 2 is 2.12 bits per heavy atom. The molecule has 0 aliphatic carbocycles. The van der Waals surface area contributed by atoms with E-state index in [1.165, 1.54) is 11.8 Å². The minimum Gasteiger partial charge on any atom is -0.351 e. The molecule has 1 N–H and O–H groups in total. The summed E-state index contributed by atoms with van der Waals surface area (Å²) in [6.45, 7) is 0.486. The number of nitrogens with zero attached hydrogens (tertiary/aromatic N) is 2. The van der Waals surface area contributed by atoms with E-state index in [0.717, 1.165) is 10.4 Å². The number of nitrogens with one attached hydrogen (secondary N) is 1. The summed E-state index contributed by atoms with van der Waals surface area (Å²) in [5.74, 6) is 1.92. The van der Waals surface area contributed by atoms with E-state index < -0.39 is 0 Å². The van der Waals surface area contributed by atoms with Crippen LogP contribution in [0.2, 0.25) is 5.02 Å². The Labute approximate surface area is 152 Å². The van der Waals surface area contributed by atoms with Crippen LogP contribution in [0.5, 0.6) is 0 Å². The van der Waals surface area contributed by atoms with Gasteiger partial charge in [0.15, 0.2) is 0 Å². The van der Waals surface area contributed by atoms with Crippen LogP contribution in [0.4, 0.5) is 0 Å². The van der Waals surface area contributed by atoms with Gasteiger partial charge < -0.3 is 9.84 Å². The Morgan fingerprint density at radius 1 is 1.29 bits per heavy atom. The normalized spacial score (nSPS) is 10.7. The molecular formula is C16H14ClN3O2S2. The molecule has 0 aliphatic heterocycles. The van der Waals surface area contributed by atoms with Crippen molar-refractivity contribution in [2.45, 2.75) is 12.3 Å². The second-order valence-electron chi connectivity index (χ2n) is 4.89. The van der Waals surface area contributed by atoms with Gasteiger partial charge in [0.1, 0.15) is 0 Å². The van der Waals surface area contributed by atoms with Gasteiger partial charge in [-0.2, -0.15) is 4.98 Å². The van der Waals surface area contributed by atoms with Gasteiger partial charge in [0.05, 0.1) is 16.4 Å². The number of hydrogen-bond acceptors (Lipinski definition) is 6. The number of rotatable bonds is 7. The summed E-state index contributed by atoms with van der Waals surface area (Å²) in [6.07, 6.45) is 0. The largest absolute Gasteiger partial charge is 0.351 e. The van der Waals surface area contributed by atoms with E-state index in [1.54, 1.807) is 23.5 Å². The van der Waals surface area contributed by atoms with Crippen LogP contribution in [-0.4, -0.2) is 21.8 Å². The van der Waals surface area contributed by atoms with Gasteiger partial charge in [0, 0.05) is 11.6 Å². The summed E-state index contributed by atoms with van der Waals surface area (Å²) >= 11 is 8.82. The predicted molar refractivity (Wildman–Crippen MR) is 97.1 cm³/mol. The average molecular weight is 380 g/mol. The van der Waals surface area contributed by atoms with E-state index in [1.807, 2.05) is 29.6 Å². The molecular weight excluding hydrogens is 366 g/mol. The summed E-state index contributed by atoms with van der Waals surface area (Å²) in [6, 6.07) is 11.3.